The van der Waals surface area contributed by atoms with Crippen molar-refractivity contribution in [1.82, 2.24) is 4.90 Å². The van der Waals surface area contributed by atoms with Crippen LogP contribution in [0, 0.1) is 5.82 Å². The predicted octanol–water partition coefficient (Wildman–Crippen LogP) is 4.70. The first-order valence-electron chi connectivity index (χ1n) is 7.64. The smallest absolute Gasteiger partial charge is 0.261 e. The summed E-state index contributed by atoms with van der Waals surface area (Å²) < 4.78 is 18.8. The van der Waals surface area contributed by atoms with Crippen molar-refractivity contribution in [2.45, 2.75) is 25.4 Å². The molecule has 3 rings (SSSR count). The molecule has 1 fully saturated rings. The summed E-state index contributed by atoms with van der Waals surface area (Å²) in [6, 6.07) is 11.3. The van der Waals surface area contributed by atoms with Crippen LogP contribution in [0.1, 0.15) is 18.4 Å². The fraction of sp³-hybridized carbons (Fsp3) is 0.278. The van der Waals surface area contributed by atoms with Gasteiger partial charge >= 0.3 is 0 Å². The molecule has 0 spiro atoms. The lowest BCUT2D eigenvalue weighted by Crippen LogP contribution is -2.36. The van der Waals surface area contributed by atoms with Crippen molar-refractivity contribution in [3.05, 3.63) is 63.9 Å². The number of carbonyl (C=O) groups excluding carboxylic acids is 1. The average Bonchev–Trinajstić information content (AvgIpc) is 3.38. The van der Waals surface area contributed by atoms with Crippen LogP contribution in [0.2, 0.25) is 10.0 Å². The van der Waals surface area contributed by atoms with Crippen LogP contribution in [-0.2, 0) is 11.3 Å². The molecule has 1 saturated carbocycles. The molecule has 24 heavy (non-hydrogen) atoms. The van der Waals surface area contributed by atoms with Crippen molar-refractivity contribution in [2.75, 3.05) is 6.61 Å². The molecule has 126 valence electrons. The fourth-order valence-electron chi connectivity index (χ4n) is 2.45. The van der Waals surface area contributed by atoms with E-state index in [4.69, 9.17) is 27.9 Å². The van der Waals surface area contributed by atoms with E-state index >= 15 is 0 Å². The van der Waals surface area contributed by atoms with E-state index in [1.165, 1.54) is 12.1 Å². The van der Waals surface area contributed by atoms with Crippen LogP contribution in [0.4, 0.5) is 4.39 Å². The molecule has 1 aliphatic carbocycles. The molecule has 1 aliphatic rings. The van der Waals surface area contributed by atoms with Gasteiger partial charge in [0.25, 0.3) is 5.91 Å². The standard InChI is InChI=1S/C18H16Cl2FNO2/c19-13-4-7-16(20)17(9-13)24-11-18(23)22(15-5-6-15)10-12-2-1-3-14(21)8-12/h1-4,7-9,15H,5-6,10-11H2. The molecule has 0 aromatic heterocycles. The van der Waals surface area contributed by atoms with Crippen LogP contribution in [0.15, 0.2) is 42.5 Å². The summed E-state index contributed by atoms with van der Waals surface area (Å²) in [5.41, 5.74) is 0.760. The zero-order valence-corrected chi connectivity index (χ0v) is 14.4. The van der Waals surface area contributed by atoms with Crippen molar-refractivity contribution in [3.8, 4) is 5.75 Å². The molecule has 0 N–H and O–H groups in total. The van der Waals surface area contributed by atoms with Crippen LogP contribution < -0.4 is 4.74 Å². The highest BCUT2D eigenvalue weighted by atomic mass is 35.5. The van der Waals surface area contributed by atoms with Gasteiger partial charge in [0.1, 0.15) is 11.6 Å². The van der Waals surface area contributed by atoms with Crippen LogP contribution in [-0.4, -0.2) is 23.5 Å². The molecule has 1 amide bonds. The van der Waals surface area contributed by atoms with Gasteiger partial charge in [-0.25, -0.2) is 4.39 Å². The summed E-state index contributed by atoms with van der Waals surface area (Å²) in [4.78, 5) is 14.2. The Kier molecular flexibility index (Phi) is 5.27. The van der Waals surface area contributed by atoms with Crippen LogP contribution in [0.25, 0.3) is 0 Å². The van der Waals surface area contributed by atoms with Gasteiger partial charge in [0.05, 0.1) is 5.02 Å². The van der Waals surface area contributed by atoms with E-state index in [0.717, 1.165) is 18.4 Å². The zero-order valence-electron chi connectivity index (χ0n) is 12.8. The zero-order chi connectivity index (χ0) is 17.1. The Morgan fingerprint density at radius 1 is 1.21 bits per heavy atom. The Morgan fingerprint density at radius 2 is 2.00 bits per heavy atom. The van der Waals surface area contributed by atoms with E-state index in [9.17, 15) is 9.18 Å². The second-order valence-corrected chi connectivity index (χ2v) is 6.59. The lowest BCUT2D eigenvalue weighted by atomic mass is 10.2. The third kappa shape index (κ3) is 4.40. The molecule has 0 unspecified atom stereocenters. The van der Waals surface area contributed by atoms with Gasteiger partial charge in [-0.05, 0) is 42.7 Å². The molecule has 0 bridgehead atoms. The summed E-state index contributed by atoms with van der Waals surface area (Å²) in [5.74, 6) is -0.0884. The van der Waals surface area contributed by atoms with Crippen molar-refractivity contribution in [2.24, 2.45) is 0 Å². The van der Waals surface area contributed by atoms with Gasteiger partial charge in [0.15, 0.2) is 6.61 Å². The summed E-state index contributed by atoms with van der Waals surface area (Å²) in [6.07, 6.45) is 1.91. The Hall–Kier alpha value is -1.78. The number of benzene rings is 2. The molecule has 6 heteroatoms. The maximum absolute atomic E-state index is 13.3. The molecule has 0 atom stereocenters. The first kappa shape index (κ1) is 17.1. The maximum Gasteiger partial charge on any atom is 0.261 e. The van der Waals surface area contributed by atoms with Gasteiger partial charge in [-0.2, -0.15) is 0 Å². The second-order valence-electron chi connectivity index (χ2n) is 5.75. The number of ether oxygens (including phenoxy) is 1. The van der Waals surface area contributed by atoms with E-state index in [1.807, 2.05) is 0 Å². The molecule has 0 heterocycles. The van der Waals surface area contributed by atoms with Gasteiger partial charge in [0.2, 0.25) is 0 Å². The topological polar surface area (TPSA) is 29.5 Å². The van der Waals surface area contributed by atoms with Crippen molar-refractivity contribution in [3.63, 3.8) is 0 Å². The number of nitrogens with zero attached hydrogens (tertiary/aromatic N) is 1. The minimum Gasteiger partial charge on any atom is -0.482 e. The minimum absolute atomic E-state index is 0.133. The van der Waals surface area contributed by atoms with E-state index in [1.54, 1.807) is 35.2 Å². The van der Waals surface area contributed by atoms with Gasteiger partial charge < -0.3 is 9.64 Å². The van der Waals surface area contributed by atoms with Crippen LogP contribution >= 0.6 is 23.2 Å². The molecule has 0 radical (unpaired) electrons. The number of carbonyl (C=O) groups is 1. The molecule has 3 nitrogen and oxygen atoms in total. The summed E-state index contributed by atoms with van der Waals surface area (Å²) in [6.45, 7) is 0.236. The molecular weight excluding hydrogens is 352 g/mol. The van der Waals surface area contributed by atoms with Gasteiger partial charge in [-0.1, -0.05) is 35.3 Å². The SMILES string of the molecule is O=C(COc1cc(Cl)ccc1Cl)N(Cc1cccc(F)c1)C1CC1. The first-order chi connectivity index (χ1) is 11.5. The summed E-state index contributed by atoms with van der Waals surface area (Å²) >= 11 is 11.9. The average molecular weight is 368 g/mol. The van der Waals surface area contributed by atoms with Crippen molar-refractivity contribution < 1.29 is 13.9 Å². The van der Waals surface area contributed by atoms with Crippen molar-refractivity contribution in [1.29, 1.82) is 0 Å². The highest BCUT2D eigenvalue weighted by Gasteiger charge is 2.32. The number of amides is 1. The molecular formula is C18H16Cl2FNO2. The monoisotopic (exact) mass is 367 g/mol. The minimum atomic E-state index is -0.308. The third-order valence-corrected chi connectivity index (χ3v) is 4.34. The Morgan fingerprint density at radius 3 is 2.71 bits per heavy atom. The lowest BCUT2D eigenvalue weighted by Gasteiger charge is -2.23. The third-order valence-electron chi connectivity index (χ3n) is 3.79. The van der Waals surface area contributed by atoms with E-state index in [0.29, 0.717) is 22.3 Å². The highest BCUT2D eigenvalue weighted by molar-refractivity contribution is 6.34. The van der Waals surface area contributed by atoms with Gasteiger partial charge in [-0.15, -0.1) is 0 Å². The second kappa shape index (κ2) is 7.41. The van der Waals surface area contributed by atoms with Crippen LogP contribution in [0.5, 0.6) is 5.75 Å². The van der Waals surface area contributed by atoms with E-state index in [2.05, 4.69) is 0 Å². The number of hydrogen-bond acceptors (Lipinski definition) is 2. The normalized spacial score (nSPS) is 13.6. The number of rotatable bonds is 6. The summed E-state index contributed by atoms with van der Waals surface area (Å²) in [5, 5.41) is 0.885. The predicted molar refractivity (Wildman–Crippen MR) is 91.9 cm³/mol. The van der Waals surface area contributed by atoms with Gasteiger partial charge in [0, 0.05) is 23.7 Å². The maximum atomic E-state index is 13.3. The number of halogens is 3. The largest absolute Gasteiger partial charge is 0.482 e. The Labute approximate surface area is 149 Å². The fourth-order valence-corrected chi connectivity index (χ4v) is 2.78. The van der Waals surface area contributed by atoms with Gasteiger partial charge in [-0.3, -0.25) is 4.79 Å². The highest BCUT2D eigenvalue weighted by Crippen LogP contribution is 2.30. The molecule has 0 saturated heterocycles. The van der Waals surface area contributed by atoms with E-state index in [-0.39, 0.29) is 24.4 Å². The Balaban J connectivity index is 1.65. The first-order valence-corrected chi connectivity index (χ1v) is 8.40. The van der Waals surface area contributed by atoms with E-state index < -0.39 is 0 Å². The molecule has 0 aliphatic heterocycles. The summed E-state index contributed by atoms with van der Waals surface area (Å²) in [7, 11) is 0. The molecule has 2 aromatic rings. The number of hydrogen-bond donors (Lipinski definition) is 0. The molecule has 2 aromatic carbocycles. The van der Waals surface area contributed by atoms with Crippen molar-refractivity contribution >= 4 is 29.1 Å². The Bertz CT molecular complexity index is 750. The quantitative estimate of drug-likeness (QED) is 0.740. The lowest BCUT2D eigenvalue weighted by molar-refractivity contribution is -0.134. The van der Waals surface area contributed by atoms with Crippen LogP contribution in [0.3, 0.4) is 0 Å².